The van der Waals surface area contributed by atoms with Crippen LogP contribution in [0, 0.1) is 0 Å². The maximum atomic E-state index is 12.4. The topological polar surface area (TPSA) is 66.8 Å². The molecule has 0 aliphatic carbocycles. The molecule has 0 unspecified atom stereocenters. The van der Waals surface area contributed by atoms with Crippen LogP contribution < -0.4 is 5.32 Å². The highest BCUT2D eigenvalue weighted by Crippen LogP contribution is 2.22. The van der Waals surface area contributed by atoms with E-state index in [1.165, 1.54) is 0 Å². The highest BCUT2D eigenvalue weighted by Gasteiger charge is 2.24. The van der Waals surface area contributed by atoms with Gasteiger partial charge in [-0.25, -0.2) is 0 Å². The van der Waals surface area contributed by atoms with Crippen LogP contribution in [0.4, 0.5) is 0 Å². The number of aliphatic imine (C=N–C) groups is 1. The second kappa shape index (κ2) is 7.88. The number of amidine groups is 1. The average Bonchev–Trinajstić information content (AvgIpc) is 3.12. The van der Waals surface area contributed by atoms with Gasteiger partial charge in [0, 0.05) is 24.8 Å². The lowest BCUT2D eigenvalue weighted by atomic mass is 10.1. The first kappa shape index (κ1) is 17.7. The van der Waals surface area contributed by atoms with Gasteiger partial charge in [-0.15, -0.1) is 0 Å². The summed E-state index contributed by atoms with van der Waals surface area (Å²) in [4.78, 5) is 23.9. The molecule has 0 bridgehead atoms. The van der Waals surface area contributed by atoms with Crippen molar-refractivity contribution in [1.82, 2.24) is 15.2 Å². The van der Waals surface area contributed by atoms with Gasteiger partial charge in [0.15, 0.2) is 0 Å². The summed E-state index contributed by atoms with van der Waals surface area (Å²) in [5.74, 6) is 0.987. The van der Waals surface area contributed by atoms with Crippen LogP contribution in [0.3, 0.4) is 0 Å². The van der Waals surface area contributed by atoms with Crippen LogP contribution in [-0.4, -0.2) is 47.9 Å². The van der Waals surface area contributed by atoms with Crippen molar-refractivity contribution >= 4 is 11.7 Å². The van der Waals surface area contributed by atoms with E-state index in [-0.39, 0.29) is 18.4 Å². The Morgan fingerprint density at radius 1 is 1.26 bits per heavy atom. The standard InChI is InChI=1S/C21H24N4O2/c1-15(16-5-3-2-4-6-16)24-20(26)12-18-11-17-13-23-21(19(17)14-22-18)25-7-9-27-10-8-25/h2-6,11,14-15H,7-10,12-13H2,1H3,(H,24,26)/t15-/m1/s1. The third-order valence-electron chi connectivity index (χ3n) is 5.02. The van der Waals surface area contributed by atoms with E-state index in [2.05, 4.69) is 20.2 Å². The normalized spacial score (nSPS) is 17.2. The maximum Gasteiger partial charge on any atom is 0.226 e. The number of nitrogens with zero attached hydrogens (tertiary/aromatic N) is 3. The molecule has 6 heteroatoms. The van der Waals surface area contributed by atoms with Crippen molar-refractivity contribution < 1.29 is 9.53 Å². The summed E-state index contributed by atoms with van der Waals surface area (Å²) in [6.45, 7) is 5.84. The van der Waals surface area contributed by atoms with Gasteiger partial charge in [0.25, 0.3) is 0 Å². The lowest BCUT2D eigenvalue weighted by Crippen LogP contribution is -2.40. The molecule has 1 atom stereocenters. The number of pyridine rings is 1. The first-order valence-electron chi connectivity index (χ1n) is 9.40. The highest BCUT2D eigenvalue weighted by molar-refractivity contribution is 6.01. The molecular formula is C21H24N4O2. The van der Waals surface area contributed by atoms with E-state index in [4.69, 9.17) is 4.74 Å². The van der Waals surface area contributed by atoms with Gasteiger partial charge in [-0.2, -0.15) is 0 Å². The molecule has 4 rings (SSSR count). The van der Waals surface area contributed by atoms with Crippen molar-refractivity contribution in [3.63, 3.8) is 0 Å². The molecule has 1 fully saturated rings. The smallest absolute Gasteiger partial charge is 0.226 e. The summed E-state index contributed by atoms with van der Waals surface area (Å²) in [6, 6.07) is 12.0. The molecule has 0 spiro atoms. The number of hydrogen-bond donors (Lipinski definition) is 1. The van der Waals surface area contributed by atoms with E-state index in [9.17, 15) is 4.79 Å². The third kappa shape index (κ3) is 4.01. The molecule has 6 nitrogen and oxygen atoms in total. The molecule has 1 aromatic heterocycles. The molecule has 2 aliphatic heterocycles. The first-order chi connectivity index (χ1) is 13.2. The fraction of sp³-hybridized carbons (Fsp3) is 0.381. The molecule has 1 saturated heterocycles. The molecule has 27 heavy (non-hydrogen) atoms. The minimum Gasteiger partial charge on any atom is -0.378 e. The van der Waals surface area contributed by atoms with Gasteiger partial charge >= 0.3 is 0 Å². The fourth-order valence-corrected chi connectivity index (χ4v) is 3.55. The molecule has 0 radical (unpaired) electrons. The Labute approximate surface area is 159 Å². The first-order valence-corrected chi connectivity index (χ1v) is 9.40. The summed E-state index contributed by atoms with van der Waals surface area (Å²) < 4.78 is 5.42. The quantitative estimate of drug-likeness (QED) is 0.902. The molecule has 1 aromatic carbocycles. The zero-order valence-electron chi connectivity index (χ0n) is 15.5. The Bertz CT molecular complexity index is 845. The number of rotatable bonds is 4. The summed E-state index contributed by atoms with van der Waals surface area (Å²) in [5, 5.41) is 3.04. The summed E-state index contributed by atoms with van der Waals surface area (Å²) in [5.41, 5.74) is 4.10. The summed E-state index contributed by atoms with van der Waals surface area (Å²) in [7, 11) is 0. The number of carbonyl (C=O) groups excluding carboxylic acids is 1. The van der Waals surface area contributed by atoms with Crippen LogP contribution in [-0.2, 0) is 22.5 Å². The maximum absolute atomic E-state index is 12.4. The van der Waals surface area contributed by atoms with Crippen LogP contribution in [0.2, 0.25) is 0 Å². The number of nitrogens with one attached hydrogen (secondary N) is 1. The van der Waals surface area contributed by atoms with E-state index in [1.807, 2.05) is 49.5 Å². The van der Waals surface area contributed by atoms with Gasteiger partial charge in [-0.05, 0) is 24.1 Å². The Morgan fingerprint density at radius 3 is 2.81 bits per heavy atom. The minimum absolute atomic E-state index is 0.0221. The zero-order chi connectivity index (χ0) is 18.6. The van der Waals surface area contributed by atoms with Crippen molar-refractivity contribution in [2.45, 2.75) is 25.9 Å². The molecule has 2 aliphatic rings. The number of carbonyl (C=O) groups is 1. The second-order valence-corrected chi connectivity index (χ2v) is 6.95. The van der Waals surface area contributed by atoms with E-state index in [0.717, 1.165) is 54.5 Å². The van der Waals surface area contributed by atoms with Gasteiger partial charge in [0.1, 0.15) is 5.84 Å². The van der Waals surface area contributed by atoms with E-state index >= 15 is 0 Å². The number of amides is 1. The van der Waals surface area contributed by atoms with Gasteiger partial charge in [-0.1, -0.05) is 30.3 Å². The Kier molecular flexibility index (Phi) is 5.16. The third-order valence-corrected chi connectivity index (χ3v) is 5.02. The zero-order valence-corrected chi connectivity index (χ0v) is 15.5. The largest absolute Gasteiger partial charge is 0.378 e. The van der Waals surface area contributed by atoms with Crippen LogP contribution in [0.15, 0.2) is 47.6 Å². The van der Waals surface area contributed by atoms with Crippen LogP contribution in [0.25, 0.3) is 0 Å². The van der Waals surface area contributed by atoms with Crippen molar-refractivity contribution in [3.8, 4) is 0 Å². The molecule has 1 N–H and O–H groups in total. The van der Waals surface area contributed by atoms with Crippen LogP contribution >= 0.6 is 0 Å². The molecule has 140 valence electrons. The molecule has 3 heterocycles. The second-order valence-electron chi connectivity index (χ2n) is 6.95. The predicted octanol–water partition coefficient (Wildman–Crippen LogP) is 2.09. The fourth-order valence-electron chi connectivity index (χ4n) is 3.55. The Hall–Kier alpha value is -2.73. The summed E-state index contributed by atoms with van der Waals surface area (Å²) >= 11 is 0. The number of ether oxygens (including phenoxy) is 1. The monoisotopic (exact) mass is 364 g/mol. The van der Waals surface area contributed by atoms with Gasteiger partial charge < -0.3 is 15.0 Å². The van der Waals surface area contributed by atoms with Crippen LogP contribution in [0.5, 0.6) is 0 Å². The lowest BCUT2D eigenvalue weighted by Gasteiger charge is -2.28. The summed E-state index contributed by atoms with van der Waals surface area (Å²) in [6.07, 6.45) is 2.14. The molecule has 1 amide bonds. The van der Waals surface area contributed by atoms with Crippen molar-refractivity contribution in [2.24, 2.45) is 4.99 Å². The minimum atomic E-state index is -0.0237. The van der Waals surface area contributed by atoms with E-state index in [1.54, 1.807) is 0 Å². The molecular weight excluding hydrogens is 340 g/mol. The number of morpholine rings is 1. The number of hydrogen-bond acceptors (Lipinski definition) is 5. The SMILES string of the molecule is C[C@@H](NC(=O)Cc1cc2c(cn1)C(N1CCOCC1)=NC2)c1ccccc1. The Balaban J connectivity index is 1.39. The van der Waals surface area contributed by atoms with Crippen molar-refractivity contribution in [3.05, 3.63) is 65.0 Å². The lowest BCUT2D eigenvalue weighted by molar-refractivity contribution is -0.121. The molecule has 0 saturated carbocycles. The highest BCUT2D eigenvalue weighted by atomic mass is 16.5. The average molecular weight is 364 g/mol. The van der Waals surface area contributed by atoms with Crippen molar-refractivity contribution in [1.29, 1.82) is 0 Å². The van der Waals surface area contributed by atoms with Gasteiger partial charge in [-0.3, -0.25) is 14.8 Å². The Morgan fingerprint density at radius 2 is 2.04 bits per heavy atom. The van der Waals surface area contributed by atoms with Gasteiger partial charge in [0.2, 0.25) is 5.91 Å². The number of aromatic nitrogens is 1. The van der Waals surface area contributed by atoms with E-state index in [0.29, 0.717) is 6.54 Å². The van der Waals surface area contributed by atoms with Crippen LogP contribution in [0.1, 0.15) is 35.3 Å². The number of benzene rings is 1. The van der Waals surface area contributed by atoms with E-state index < -0.39 is 0 Å². The van der Waals surface area contributed by atoms with Crippen molar-refractivity contribution in [2.75, 3.05) is 26.3 Å². The molecule has 2 aromatic rings. The predicted molar refractivity (Wildman–Crippen MR) is 104 cm³/mol. The van der Waals surface area contributed by atoms with Gasteiger partial charge in [0.05, 0.1) is 37.9 Å². The number of fused-ring (bicyclic) bond motifs is 1.